The maximum Gasteiger partial charge on any atom is 0.0510 e. The van der Waals surface area contributed by atoms with Crippen LogP contribution in [0.4, 0.5) is 0 Å². The van der Waals surface area contributed by atoms with Crippen LogP contribution in [0, 0.1) is 11.8 Å². The summed E-state index contributed by atoms with van der Waals surface area (Å²) in [7, 11) is 0. The molecular formula is C10H20N2O. The molecule has 0 aromatic heterocycles. The summed E-state index contributed by atoms with van der Waals surface area (Å²) in [6.45, 7) is 1.83. The highest BCUT2D eigenvalue weighted by Gasteiger charge is 2.29. The summed E-state index contributed by atoms with van der Waals surface area (Å²) in [5.74, 6) is 7.16. The zero-order valence-corrected chi connectivity index (χ0v) is 8.17. The first kappa shape index (κ1) is 9.44. The van der Waals surface area contributed by atoms with E-state index in [-0.39, 0.29) is 0 Å². The fourth-order valence-electron chi connectivity index (χ4n) is 2.35. The molecule has 1 heterocycles. The Morgan fingerprint density at radius 3 is 2.69 bits per heavy atom. The normalized spacial score (nSPS) is 31.6. The highest BCUT2D eigenvalue weighted by molar-refractivity contribution is 4.82. The SMILES string of the molecule is NNC(CC1CCC1)C1CCOC1. The second kappa shape index (κ2) is 4.40. The Kier molecular flexibility index (Phi) is 3.19. The van der Waals surface area contributed by atoms with Gasteiger partial charge in [-0.2, -0.15) is 0 Å². The standard InChI is InChI=1S/C10H20N2O/c11-12-10(6-8-2-1-3-8)9-4-5-13-7-9/h8-10,12H,1-7,11H2. The largest absolute Gasteiger partial charge is 0.381 e. The van der Waals surface area contributed by atoms with E-state index in [2.05, 4.69) is 5.43 Å². The average molecular weight is 184 g/mol. The van der Waals surface area contributed by atoms with Gasteiger partial charge in [0.05, 0.1) is 6.61 Å². The molecule has 0 bridgehead atoms. The van der Waals surface area contributed by atoms with Crippen molar-refractivity contribution in [3.63, 3.8) is 0 Å². The average Bonchev–Trinajstić information content (AvgIpc) is 2.55. The van der Waals surface area contributed by atoms with E-state index in [9.17, 15) is 0 Å². The van der Waals surface area contributed by atoms with Gasteiger partial charge in [0.2, 0.25) is 0 Å². The van der Waals surface area contributed by atoms with Crippen molar-refractivity contribution >= 4 is 0 Å². The number of hydrazine groups is 1. The molecule has 0 radical (unpaired) electrons. The molecule has 1 aliphatic heterocycles. The van der Waals surface area contributed by atoms with E-state index in [1.54, 1.807) is 0 Å². The van der Waals surface area contributed by atoms with Crippen LogP contribution in [0.2, 0.25) is 0 Å². The van der Waals surface area contributed by atoms with Gasteiger partial charge in [0.25, 0.3) is 0 Å². The van der Waals surface area contributed by atoms with Crippen LogP contribution < -0.4 is 11.3 Å². The van der Waals surface area contributed by atoms with Crippen molar-refractivity contribution in [3.05, 3.63) is 0 Å². The van der Waals surface area contributed by atoms with Gasteiger partial charge >= 0.3 is 0 Å². The first-order chi connectivity index (χ1) is 6.40. The number of nitrogens with two attached hydrogens (primary N) is 1. The van der Waals surface area contributed by atoms with Crippen LogP contribution in [0.1, 0.15) is 32.1 Å². The van der Waals surface area contributed by atoms with Crippen LogP contribution in [0.25, 0.3) is 0 Å². The Hall–Kier alpha value is -0.120. The third-order valence-electron chi connectivity index (χ3n) is 3.56. The van der Waals surface area contributed by atoms with E-state index in [1.165, 1.54) is 32.1 Å². The summed E-state index contributed by atoms with van der Waals surface area (Å²) >= 11 is 0. The summed E-state index contributed by atoms with van der Waals surface area (Å²) in [5.41, 5.74) is 2.96. The molecule has 3 heteroatoms. The van der Waals surface area contributed by atoms with Crippen LogP contribution in [0.3, 0.4) is 0 Å². The summed E-state index contributed by atoms with van der Waals surface area (Å²) in [6, 6.07) is 0.493. The summed E-state index contributed by atoms with van der Waals surface area (Å²) in [6.07, 6.45) is 6.67. The van der Waals surface area contributed by atoms with E-state index < -0.39 is 0 Å². The van der Waals surface area contributed by atoms with Gasteiger partial charge in [-0.3, -0.25) is 11.3 Å². The number of hydrogen-bond acceptors (Lipinski definition) is 3. The molecule has 13 heavy (non-hydrogen) atoms. The summed E-state index contributed by atoms with van der Waals surface area (Å²) in [4.78, 5) is 0. The third kappa shape index (κ3) is 2.22. The first-order valence-corrected chi connectivity index (χ1v) is 5.44. The number of hydrogen-bond donors (Lipinski definition) is 2. The lowest BCUT2D eigenvalue weighted by Gasteiger charge is -2.31. The molecule has 0 aromatic carbocycles. The van der Waals surface area contributed by atoms with Crippen molar-refractivity contribution in [2.75, 3.05) is 13.2 Å². The van der Waals surface area contributed by atoms with Crippen molar-refractivity contribution < 1.29 is 4.74 Å². The van der Waals surface area contributed by atoms with Crippen molar-refractivity contribution in [2.24, 2.45) is 17.7 Å². The van der Waals surface area contributed by atoms with Crippen molar-refractivity contribution in [3.8, 4) is 0 Å². The molecule has 1 aliphatic carbocycles. The fourth-order valence-corrected chi connectivity index (χ4v) is 2.35. The van der Waals surface area contributed by atoms with Crippen LogP contribution in [-0.4, -0.2) is 19.3 Å². The molecule has 0 amide bonds. The minimum absolute atomic E-state index is 0.493. The molecule has 3 N–H and O–H groups in total. The monoisotopic (exact) mass is 184 g/mol. The molecule has 1 saturated carbocycles. The first-order valence-electron chi connectivity index (χ1n) is 5.44. The lowest BCUT2D eigenvalue weighted by atomic mass is 9.78. The highest BCUT2D eigenvalue weighted by atomic mass is 16.5. The predicted octanol–water partition coefficient (Wildman–Crippen LogP) is 1.04. The molecule has 2 rings (SSSR count). The lowest BCUT2D eigenvalue weighted by Crippen LogP contribution is -2.43. The molecule has 76 valence electrons. The van der Waals surface area contributed by atoms with Crippen LogP contribution >= 0.6 is 0 Å². The Morgan fingerprint density at radius 1 is 1.38 bits per heavy atom. The Morgan fingerprint density at radius 2 is 2.23 bits per heavy atom. The van der Waals surface area contributed by atoms with Gasteiger partial charge in [-0.05, 0) is 18.8 Å². The zero-order chi connectivity index (χ0) is 9.10. The Labute approximate surface area is 80.0 Å². The summed E-state index contributed by atoms with van der Waals surface area (Å²) < 4.78 is 5.38. The molecule has 0 spiro atoms. The Balaban J connectivity index is 1.77. The van der Waals surface area contributed by atoms with Gasteiger partial charge < -0.3 is 4.74 Å². The van der Waals surface area contributed by atoms with Gasteiger partial charge in [-0.25, -0.2) is 0 Å². The second-order valence-corrected chi connectivity index (χ2v) is 4.43. The maximum atomic E-state index is 5.57. The third-order valence-corrected chi connectivity index (χ3v) is 3.56. The lowest BCUT2D eigenvalue weighted by molar-refractivity contribution is 0.164. The minimum atomic E-state index is 0.493. The number of ether oxygens (including phenoxy) is 1. The van der Waals surface area contributed by atoms with Gasteiger partial charge in [0, 0.05) is 18.6 Å². The highest BCUT2D eigenvalue weighted by Crippen LogP contribution is 2.33. The molecular weight excluding hydrogens is 164 g/mol. The second-order valence-electron chi connectivity index (χ2n) is 4.43. The number of nitrogens with one attached hydrogen (secondary N) is 1. The van der Waals surface area contributed by atoms with Crippen LogP contribution in [0.15, 0.2) is 0 Å². The molecule has 0 aromatic rings. The van der Waals surface area contributed by atoms with Crippen molar-refractivity contribution in [1.82, 2.24) is 5.43 Å². The quantitative estimate of drug-likeness (QED) is 0.507. The minimum Gasteiger partial charge on any atom is -0.381 e. The molecule has 1 saturated heterocycles. The van der Waals surface area contributed by atoms with Crippen molar-refractivity contribution in [2.45, 2.75) is 38.1 Å². The van der Waals surface area contributed by atoms with Gasteiger partial charge in [-0.15, -0.1) is 0 Å². The molecule has 2 fully saturated rings. The molecule has 2 unspecified atom stereocenters. The fraction of sp³-hybridized carbons (Fsp3) is 1.00. The van der Waals surface area contributed by atoms with Gasteiger partial charge in [0.1, 0.15) is 0 Å². The molecule has 2 atom stereocenters. The van der Waals surface area contributed by atoms with Gasteiger partial charge in [-0.1, -0.05) is 19.3 Å². The smallest absolute Gasteiger partial charge is 0.0510 e. The topological polar surface area (TPSA) is 47.3 Å². The molecule has 2 aliphatic rings. The Bertz CT molecular complexity index is 153. The van der Waals surface area contributed by atoms with E-state index in [0.717, 1.165) is 19.1 Å². The van der Waals surface area contributed by atoms with E-state index in [0.29, 0.717) is 12.0 Å². The van der Waals surface area contributed by atoms with E-state index in [1.807, 2.05) is 0 Å². The summed E-state index contributed by atoms with van der Waals surface area (Å²) in [5, 5.41) is 0. The number of rotatable bonds is 4. The zero-order valence-electron chi connectivity index (χ0n) is 8.17. The van der Waals surface area contributed by atoms with E-state index in [4.69, 9.17) is 10.6 Å². The van der Waals surface area contributed by atoms with Crippen LogP contribution in [-0.2, 0) is 4.74 Å². The maximum absolute atomic E-state index is 5.57. The predicted molar refractivity (Wildman–Crippen MR) is 52.0 cm³/mol. The molecule has 3 nitrogen and oxygen atoms in total. The van der Waals surface area contributed by atoms with E-state index >= 15 is 0 Å². The van der Waals surface area contributed by atoms with Crippen molar-refractivity contribution in [1.29, 1.82) is 0 Å². The van der Waals surface area contributed by atoms with Crippen LogP contribution in [0.5, 0.6) is 0 Å². The van der Waals surface area contributed by atoms with Gasteiger partial charge in [0.15, 0.2) is 0 Å².